The lowest BCUT2D eigenvalue weighted by atomic mass is 10.2. The van der Waals surface area contributed by atoms with Crippen molar-refractivity contribution in [2.24, 2.45) is 5.92 Å². The highest BCUT2D eigenvalue weighted by atomic mass is 14.9. The molecule has 0 aliphatic heterocycles. The van der Waals surface area contributed by atoms with Crippen molar-refractivity contribution in [1.82, 2.24) is 10.6 Å². The van der Waals surface area contributed by atoms with E-state index in [1.807, 2.05) is 0 Å². The summed E-state index contributed by atoms with van der Waals surface area (Å²) in [6, 6.07) is 0.663. The molecule has 0 radical (unpaired) electrons. The highest BCUT2D eigenvalue weighted by molar-refractivity contribution is 4.73. The number of hydrogen-bond acceptors (Lipinski definition) is 2. The lowest BCUT2D eigenvalue weighted by Crippen LogP contribution is -2.30. The zero-order valence-electron chi connectivity index (χ0n) is 9.81. The molecule has 0 amide bonds. The largest absolute Gasteiger partial charge is 0.317 e. The van der Waals surface area contributed by atoms with E-state index in [-0.39, 0.29) is 0 Å². The van der Waals surface area contributed by atoms with Crippen molar-refractivity contribution in [3.8, 4) is 0 Å². The maximum Gasteiger partial charge on any atom is 0.00506 e. The molecular weight excluding hydrogens is 172 g/mol. The van der Waals surface area contributed by atoms with Crippen LogP contribution in [0.2, 0.25) is 0 Å². The smallest absolute Gasteiger partial charge is 0.00506 e. The molecule has 1 aliphatic rings. The molecule has 0 aromatic heterocycles. The van der Waals surface area contributed by atoms with E-state index in [1.165, 1.54) is 45.2 Å². The molecular formula is C12H26N2. The van der Waals surface area contributed by atoms with E-state index in [4.69, 9.17) is 0 Å². The van der Waals surface area contributed by atoms with Crippen LogP contribution in [0.3, 0.4) is 0 Å². The summed E-state index contributed by atoms with van der Waals surface area (Å²) < 4.78 is 0. The van der Waals surface area contributed by atoms with Gasteiger partial charge < -0.3 is 10.6 Å². The van der Waals surface area contributed by atoms with Gasteiger partial charge >= 0.3 is 0 Å². The first-order valence-corrected chi connectivity index (χ1v) is 6.27. The average molecular weight is 198 g/mol. The van der Waals surface area contributed by atoms with Gasteiger partial charge in [0.2, 0.25) is 0 Å². The Hall–Kier alpha value is -0.0800. The Bertz CT molecular complexity index is 132. The normalized spacial score (nSPS) is 18.4. The zero-order valence-corrected chi connectivity index (χ0v) is 9.81. The van der Waals surface area contributed by atoms with Gasteiger partial charge in [0, 0.05) is 6.04 Å². The van der Waals surface area contributed by atoms with E-state index >= 15 is 0 Å². The molecule has 2 nitrogen and oxygen atoms in total. The van der Waals surface area contributed by atoms with Gasteiger partial charge in [-0.25, -0.2) is 0 Å². The second kappa shape index (κ2) is 7.24. The Labute approximate surface area is 88.8 Å². The summed E-state index contributed by atoms with van der Waals surface area (Å²) in [4.78, 5) is 0. The van der Waals surface area contributed by atoms with E-state index in [9.17, 15) is 0 Å². The van der Waals surface area contributed by atoms with Crippen LogP contribution in [-0.2, 0) is 0 Å². The van der Waals surface area contributed by atoms with Gasteiger partial charge in [0.05, 0.1) is 0 Å². The predicted molar refractivity (Wildman–Crippen MR) is 62.6 cm³/mol. The highest BCUT2D eigenvalue weighted by Crippen LogP contribution is 2.33. The van der Waals surface area contributed by atoms with Crippen molar-refractivity contribution in [2.45, 2.75) is 52.0 Å². The van der Waals surface area contributed by atoms with Crippen LogP contribution < -0.4 is 10.6 Å². The fourth-order valence-corrected chi connectivity index (χ4v) is 1.82. The molecule has 0 aromatic carbocycles. The first kappa shape index (κ1) is 12.0. The standard InChI is InChI=1S/C12H26N2/c1-3-14-11(2)8-10-13-9-4-5-12-6-7-12/h11-14H,3-10H2,1-2H3. The van der Waals surface area contributed by atoms with Gasteiger partial charge in [-0.1, -0.05) is 19.8 Å². The zero-order chi connectivity index (χ0) is 10.2. The van der Waals surface area contributed by atoms with Crippen LogP contribution >= 0.6 is 0 Å². The Morgan fingerprint density at radius 3 is 2.71 bits per heavy atom. The summed E-state index contributed by atoms with van der Waals surface area (Å²) >= 11 is 0. The van der Waals surface area contributed by atoms with Gasteiger partial charge in [0.15, 0.2) is 0 Å². The molecule has 0 heterocycles. The fraction of sp³-hybridized carbons (Fsp3) is 1.00. The third-order valence-corrected chi connectivity index (χ3v) is 2.97. The van der Waals surface area contributed by atoms with Gasteiger partial charge in [-0.05, 0) is 51.7 Å². The van der Waals surface area contributed by atoms with Gasteiger partial charge in [0.1, 0.15) is 0 Å². The van der Waals surface area contributed by atoms with Crippen molar-refractivity contribution in [3.63, 3.8) is 0 Å². The molecule has 1 unspecified atom stereocenters. The third-order valence-electron chi connectivity index (χ3n) is 2.97. The van der Waals surface area contributed by atoms with Gasteiger partial charge in [-0.2, -0.15) is 0 Å². The molecule has 1 atom stereocenters. The second-order valence-electron chi connectivity index (χ2n) is 4.58. The summed E-state index contributed by atoms with van der Waals surface area (Å²) in [6.07, 6.45) is 7.07. The SMILES string of the molecule is CCNC(C)CCNCCCC1CC1. The third kappa shape index (κ3) is 6.39. The Morgan fingerprint density at radius 1 is 1.29 bits per heavy atom. The maximum atomic E-state index is 3.52. The van der Waals surface area contributed by atoms with Crippen LogP contribution in [0.1, 0.15) is 46.0 Å². The van der Waals surface area contributed by atoms with Crippen molar-refractivity contribution in [2.75, 3.05) is 19.6 Å². The first-order valence-electron chi connectivity index (χ1n) is 6.27. The molecule has 0 bridgehead atoms. The molecule has 0 spiro atoms. The van der Waals surface area contributed by atoms with Crippen molar-refractivity contribution in [1.29, 1.82) is 0 Å². The molecule has 1 aliphatic carbocycles. The fourth-order valence-electron chi connectivity index (χ4n) is 1.82. The minimum absolute atomic E-state index is 0.663. The topological polar surface area (TPSA) is 24.1 Å². The van der Waals surface area contributed by atoms with Crippen molar-refractivity contribution >= 4 is 0 Å². The molecule has 14 heavy (non-hydrogen) atoms. The maximum absolute atomic E-state index is 3.52. The van der Waals surface area contributed by atoms with E-state index in [0.717, 1.165) is 12.5 Å². The molecule has 0 saturated heterocycles. The van der Waals surface area contributed by atoms with Gasteiger partial charge in [-0.3, -0.25) is 0 Å². The van der Waals surface area contributed by atoms with Crippen LogP contribution in [0.15, 0.2) is 0 Å². The molecule has 0 aromatic rings. The van der Waals surface area contributed by atoms with Crippen LogP contribution in [0.25, 0.3) is 0 Å². The Morgan fingerprint density at radius 2 is 2.07 bits per heavy atom. The van der Waals surface area contributed by atoms with E-state index in [2.05, 4.69) is 24.5 Å². The van der Waals surface area contributed by atoms with Gasteiger partial charge in [0.25, 0.3) is 0 Å². The van der Waals surface area contributed by atoms with E-state index in [1.54, 1.807) is 0 Å². The van der Waals surface area contributed by atoms with Crippen LogP contribution in [0.5, 0.6) is 0 Å². The Balaban J connectivity index is 1.74. The minimum atomic E-state index is 0.663. The number of nitrogens with one attached hydrogen (secondary N) is 2. The average Bonchev–Trinajstić information content (AvgIpc) is 2.95. The minimum Gasteiger partial charge on any atom is -0.317 e. The first-order chi connectivity index (χ1) is 6.83. The monoisotopic (exact) mass is 198 g/mol. The molecule has 2 N–H and O–H groups in total. The van der Waals surface area contributed by atoms with E-state index < -0.39 is 0 Å². The molecule has 84 valence electrons. The molecule has 1 rings (SSSR count). The van der Waals surface area contributed by atoms with Crippen LogP contribution in [0, 0.1) is 5.92 Å². The molecule has 1 saturated carbocycles. The van der Waals surface area contributed by atoms with Gasteiger partial charge in [-0.15, -0.1) is 0 Å². The molecule has 1 fully saturated rings. The van der Waals surface area contributed by atoms with Crippen molar-refractivity contribution in [3.05, 3.63) is 0 Å². The van der Waals surface area contributed by atoms with E-state index in [0.29, 0.717) is 6.04 Å². The summed E-state index contributed by atoms with van der Waals surface area (Å²) in [6.45, 7) is 7.89. The number of rotatable bonds is 9. The highest BCUT2D eigenvalue weighted by Gasteiger charge is 2.19. The van der Waals surface area contributed by atoms with Crippen LogP contribution in [-0.4, -0.2) is 25.7 Å². The number of hydrogen-bond donors (Lipinski definition) is 2. The lowest BCUT2D eigenvalue weighted by Gasteiger charge is -2.12. The Kier molecular flexibility index (Phi) is 6.20. The summed E-state index contributed by atoms with van der Waals surface area (Å²) in [5.74, 6) is 1.09. The summed E-state index contributed by atoms with van der Waals surface area (Å²) in [5.41, 5.74) is 0. The predicted octanol–water partition coefficient (Wildman–Crippen LogP) is 2.15. The lowest BCUT2D eigenvalue weighted by molar-refractivity contribution is 0.496. The quantitative estimate of drug-likeness (QED) is 0.555. The van der Waals surface area contributed by atoms with Crippen LogP contribution in [0.4, 0.5) is 0 Å². The summed E-state index contributed by atoms with van der Waals surface area (Å²) in [7, 11) is 0. The summed E-state index contributed by atoms with van der Waals surface area (Å²) in [5, 5.41) is 6.94. The molecule has 2 heteroatoms. The second-order valence-corrected chi connectivity index (χ2v) is 4.58. The van der Waals surface area contributed by atoms with Crippen molar-refractivity contribution < 1.29 is 0 Å².